The highest BCUT2D eigenvalue weighted by atomic mass is 16.2. The molecule has 1 aromatic rings. The number of carbonyl (C=O) groups excluding carboxylic acids is 2. The first-order valence-electron chi connectivity index (χ1n) is 7.78. The van der Waals surface area contributed by atoms with E-state index in [1.807, 2.05) is 12.1 Å². The number of hydrogen-bond donors (Lipinski definition) is 2. The monoisotopic (exact) mass is 286 g/mol. The van der Waals surface area contributed by atoms with Crippen molar-refractivity contribution in [3.8, 4) is 0 Å². The minimum atomic E-state index is -0.0371. The van der Waals surface area contributed by atoms with Gasteiger partial charge in [-0.25, -0.2) is 0 Å². The van der Waals surface area contributed by atoms with Crippen LogP contribution in [0.15, 0.2) is 18.2 Å². The van der Waals surface area contributed by atoms with Gasteiger partial charge in [-0.2, -0.15) is 0 Å². The van der Waals surface area contributed by atoms with Gasteiger partial charge in [-0.3, -0.25) is 9.59 Å². The average Bonchev–Trinajstić information content (AvgIpc) is 2.82. The summed E-state index contributed by atoms with van der Waals surface area (Å²) in [5, 5.41) is 5.96. The van der Waals surface area contributed by atoms with Gasteiger partial charge in [-0.05, 0) is 36.0 Å². The number of fused-ring (bicyclic) bond motifs is 1. The lowest BCUT2D eigenvalue weighted by atomic mass is 9.78. The quantitative estimate of drug-likeness (QED) is 0.878. The minimum Gasteiger partial charge on any atom is -0.349 e. The molecule has 0 bridgehead atoms. The van der Waals surface area contributed by atoms with Gasteiger partial charge in [0.25, 0.3) is 5.91 Å². The van der Waals surface area contributed by atoms with Gasteiger partial charge >= 0.3 is 0 Å². The Morgan fingerprint density at radius 3 is 2.90 bits per heavy atom. The third-order valence-corrected chi connectivity index (χ3v) is 5.02. The highest BCUT2D eigenvalue weighted by Crippen LogP contribution is 2.30. The molecule has 1 aromatic carbocycles. The summed E-state index contributed by atoms with van der Waals surface area (Å²) in [7, 11) is 0. The first-order chi connectivity index (χ1) is 10.0. The minimum absolute atomic E-state index is 0.00251. The molecule has 1 heterocycles. The Hall–Kier alpha value is -1.84. The van der Waals surface area contributed by atoms with E-state index >= 15 is 0 Å². The second-order valence-electron chi connectivity index (χ2n) is 6.44. The molecule has 1 aliphatic carbocycles. The number of carbonyl (C=O) groups is 2. The van der Waals surface area contributed by atoms with Crippen molar-refractivity contribution < 1.29 is 9.59 Å². The smallest absolute Gasteiger partial charge is 0.251 e. The van der Waals surface area contributed by atoms with Crippen LogP contribution in [0.5, 0.6) is 0 Å². The molecular weight excluding hydrogens is 264 g/mol. The Kier molecular flexibility index (Phi) is 3.70. The summed E-state index contributed by atoms with van der Waals surface area (Å²) in [5.41, 5.74) is 2.37. The number of rotatable bonds is 2. The standard InChI is InChI=1S/C17H22N2O2/c1-10-4-3-5-14(11(10)2)19-17(21)13-7-6-12-9-16(20)18-15(12)8-13/h6-8,10-11,14H,3-5,9H2,1-2H3,(H,18,20)(H,19,21). The van der Waals surface area contributed by atoms with Gasteiger partial charge in [0.1, 0.15) is 0 Å². The molecule has 4 heteroatoms. The van der Waals surface area contributed by atoms with E-state index in [9.17, 15) is 9.59 Å². The highest BCUT2D eigenvalue weighted by molar-refractivity contribution is 6.02. The van der Waals surface area contributed by atoms with Crippen molar-refractivity contribution in [3.63, 3.8) is 0 Å². The van der Waals surface area contributed by atoms with Crippen LogP contribution in [0.4, 0.5) is 5.69 Å². The Morgan fingerprint density at radius 1 is 1.29 bits per heavy atom. The van der Waals surface area contributed by atoms with Crippen LogP contribution in [0.1, 0.15) is 49.0 Å². The van der Waals surface area contributed by atoms with Gasteiger partial charge < -0.3 is 10.6 Å². The van der Waals surface area contributed by atoms with E-state index in [1.165, 1.54) is 12.8 Å². The van der Waals surface area contributed by atoms with E-state index in [-0.39, 0.29) is 17.9 Å². The maximum atomic E-state index is 12.4. The number of nitrogens with one attached hydrogen (secondary N) is 2. The molecule has 2 amide bonds. The van der Waals surface area contributed by atoms with Gasteiger partial charge in [0, 0.05) is 17.3 Å². The Morgan fingerprint density at radius 2 is 2.10 bits per heavy atom. The van der Waals surface area contributed by atoms with E-state index in [2.05, 4.69) is 24.5 Å². The number of benzene rings is 1. The SMILES string of the molecule is CC1CCCC(NC(=O)c2ccc3c(c2)NC(=O)C3)C1C. The van der Waals surface area contributed by atoms with Crippen LogP contribution >= 0.6 is 0 Å². The molecule has 1 aliphatic heterocycles. The van der Waals surface area contributed by atoms with Crippen molar-refractivity contribution in [1.29, 1.82) is 0 Å². The summed E-state index contributed by atoms with van der Waals surface area (Å²) in [6, 6.07) is 5.72. The summed E-state index contributed by atoms with van der Waals surface area (Å²) < 4.78 is 0. The van der Waals surface area contributed by atoms with Gasteiger partial charge in [0.05, 0.1) is 6.42 Å². The largest absolute Gasteiger partial charge is 0.349 e. The van der Waals surface area contributed by atoms with Crippen molar-refractivity contribution >= 4 is 17.5 Å². The van der Waals surface area contributed by atoms with Crippen LogP contribution < -0.4 is 10.6 Å². The average molecular weight is 286 g/mol. The number of hydrogen-bond acceptors (Lipinski definition) is 2. The zero-order valence-corrected chi connectivity index (χ0v) is 12.6. The molecule has 0 saturated heterocycles. The Bertz CT molecular complexity index is 582. The van der Waals surface area contributed by atoms with Crippen molar-refractivity contribution in [3.05, 3.63) is 29.3 Å². The van der Waals surface area contributed by atoms with Crippen LogP contribution in [-0.4, -0.2) is 17.9 Å². The summed E-state index contributed by atoms with van der Waals surface area (Å²) in [6.07, 6.45) is 3.89. The van der Waals surface area contributed by atoms with Crippen molar-refractivity contribution in [2.45, 2.75) is 45.6 Å². The third kappa shape index (κ3) is 2.80. The molecule has 112 valence electrons. The Labute approximate surface area is 125 Å². The zero-order chi connectivity index (χ0) is 15.0. The van der Waals surface area contributed by atoms with Crippen molar-refractivity contribution in [2.75, 3.05) is 5.32 Å². The molecule has 3 unspecified atom stereocenters. The first-order valence-corrected chi connectivity index (χ1v) is 7.78. The molecular formula is C17H22N2O2. The van der Waals surface area contributed by atoms with Crippen LogP contribution in [0.3, 0.4) is 0 Å². The Balaban J connectivity index is 1.71. The highest BCUT2D eigenvalue weighted by Gasteiger charge is 2.28. The van der Waals surface area contributed by atoms with E-state index in [0.717, 1.165) is 17.7 Å². The molecule has 4 nitrogen and oxygen atoms in total. The molecule has 1 fully saturated rings. The predicted octanol–water partition coefficient (Wildman–Crippen LogP) is 2.74. The third-order valence-electron chi connectivity index (χ3n) is 5.02. The summed E-state index contributed by atoms with van der Waals surface area (Å²) in [5.74, 6) is 1.13. The van der Waals surface area contributed by atoms with Crippen LogP contribution in [0.25, 0.3) is 0 Å². The number of anilines is 1. The maximum Gasteiger partial charge on any atom is 0.251 e. The summed E-state index contributed by atoms with van der Waals surface area (Å²) in [6.45, 7) is 4.48. The molecule has 3 atom stereocenters. The normalized spacial score (nSPS) is 27.9. The summed E-state index contributed by atoms with van der Waals surface area (Å²) >= 11 is 0. The lowest BCUT2D eigenvalue weighted by molar-refractivity contribution is -0.115. The fourth-order valence-corrected chi connectivity index (χ4v) is 3.39. The predicted molar refractivity (Wildman–Crippen MR) is 82.2 cm³/mol. The van der Waals surface area contributed by atoms with Crippen molar-refractivity contribution in [2.24, 2.45) is 11.8 Å². The lowest BCUT2D eigenvalue weighted by Crippen LogP contribution is -2.43. The molecule has 0 radical (unpaired) electrons. The van der Waals surface area contributed by atoms with E-state index < -0.39 is 0 Å². The van der Waals surface area contributed by atoms with Gasteiger partial charge in [-0.15, -0.1) is 0 Å². The molecule has 2 aliphatic rings. The van der Waals surface area contributed by atoms with Gasteiger partial charge in [0.15, 0.2) is 0 Å². The first kappa shape index (κ1) is 14.1. The van der Waals surface area contributed by atoms with Gasteiger partial charge in [-0.1, -0.05) is 32.8 Å². The molecule has 0 aromatic heterocycles. The van der Waals surface area contributed by atoms with Crippen LogP contribution in [0, 0.1) is 11.8 Å². The van der Waals surface area contributed by atoms with Gasteiger partial charge in [0.2, 0.25) is 5.91 Å². The fraction of sp³-hybridized carbons (Fsp3) is 0.529. The molecule has 0 spiro atoms. The maximum absolute atomic E-state index is 12.4. The second-order valence-corrected chi connectivity index (χ2v) is 6.44. The second kappa shape index (κ2) is 5.51. The van der Waals surface area contributed by atoms with E-state index in [1.54, 1.807) is 6.07 Å². The van der Waals surface area contributed by atoms with Crippen molar-refractivity contribution in [1.82, 2.24) is 5.32 Å². The molecule has 2 N–H and O–H groups in total. The number of amides is 2. The van der Waals surface area contributed by atoms with Crippen LogP contribution in [-0.2, 0) is 11.2 Å². The van der Waals surface area contributed by atoms with Crippen LogP contribution in [0.2, 0.25) is 0 Å². The molecule has 3 rings (SSSR count). The molecule has 1 saturated carbocycles. The summed E-state index contributed by atoms with van der Waals surface area (Å²) in [4.78, 5) is 23.8. The molecule has 21 heavy (non-hydrogen) atoms. The van der Waals surface area contributed by atoms with E-state index in [0.29, 0.717) is 23.8 Å². The lowest BCUT2D eigenvalue weighted by Gasteiger charge is -2.34. The topological polar surface area (TPSA) is 58.2 Å². The van der Waals surface area contributed by atoms with E-state index in [4.69, 9.17) is 0 Å². The fourth-order valence-electron chi connectivity index (χ4n) is 3.39. The zero-order valence-electron chi connectivity index (χ0n) is 12.6.